The number of benzene rings is 2. The molecule has 0 saturated carbocycles. The number of aliphatic hydroxyl groups excluding tert-OH is 1. The van der Waals surface area contributed by atoms with E-state index in [9.17, 15) is 21.9 Å². The quantitative estimate of drug-likeness (QED) is 0.421. The predicted octanol–water partition coefficient (Wildman–Crippen LogP) is 1.42. The highest BCUT2D eigenvalue weighted by Crippen LogP contribution is 2.43. The second-order valence-corrected chi connectivity index (χ2v) is 12.9. The summed E-state index contributed by atoms with van der Waals surface area (Å²) in [5, 5.41) is 9.81. The third kappa shape index (κ3) is 5.05. The Kier molecular flexibility index (Phi) is 8.73. The number of ether oxygens (including phenoxy) is 6. The molecule has 2 heterocycles. The fourth-order valence-corrected chi connectivity index (χ4v) is 8.43. The van der Waals surface area contributed by atoms with Crippen LogP contribution in [0.1, 0.15) is 18.4 Å². The molecule has 0 atom stereocenters. The summed E-state index contributed by atoms with van der Waals surface area (Å²) in [5.41, 5.74) is -0.979. The van der Waals surface area contributed by atoms with Gasteiger partial charge in [0, 0.05) is 56.2 Å². The lowest BCUT2D eigenvalue weighted by Crippen LogP contribution is -2.55. The Morgan fingerprint density at radius 1 is 0.750 bits per heavy atom. The standard InChI is InChI=1S/C25H34N2O11S2/c1-33-20-13-18(12-17(16-28)23(20)36-4)40(31,32)27-10-11-38-25(27)6-8-26(9-7-25)39(29,30)19-14-21(34-2)24(37-5)22(15-19)35-3/h12-15,28H,6-11,16H2,1-5H3. The third-order valence-corrected chi connectivity index (χ3v) is 11.0. The van der Waals surface area contributed by atoms with Crippen LogP contribution in [0.25, 0.3) is 0 Å². The van der Waals surface area contributed by atoms with Crippen molar-refractivity contribution in [3.8, 4) is 28.7 Å². The fraction of sp³-hybridized carbons (Fsp3) is 0.520. The first kappa shape index (κ1) is 30.1. The van der Waals surface area contributed by atoms with Crippen LogP contribution in [0.15, 0.2) is 34.1 Å². The Morgan fingerprint density at radius 3 is 1.73 bits per heavy atom. The van der Waals surface area contributed by atoms with E-state index in [4.69, 9.17) is 28.4 Å². The summed E-state index contributed by atoms with van der Waals surface area (Å²) in [4.78, 5) is -0.136. The molecule has 2 aromatic carbocycles. The lowest BCUT2D eigenvalue weighted by Gasteiger charge is -2.42. The number of nitrogens with zero attached hydrogens (tertiary/aromatic N) is 2. The van der Waals surface area contributed by atoms with Gasteiger partial charge in [0.1, 0.15) is 5.72 Å². The first-order valence-electron chi connectivity index (χ1n) is 12.4. The van der Waals surface area contributed by atoms with Crippen molar-refractivity contribution in [1.29, 1.82) is 0 Å². The van der Waals surface area contributed by atoms with Crippen molar-refractivity contribution in [1.82, 2.24) is 8.61 Å². The van der Waals surface area contributed by atoms with Crippen LogP contribution in [-0.2, 0) is 31.4 Å². The maximum atomic E-state index is 13.8. The normalized spacial score (nSPS) is 18.1. The van der Waals surface area contributed by atoms with Gasteiger partial charge < -0.3 is 33.5 Å². The van der Waals surface area contributed by atoms with E-state index < -0.39 is 32.4 Å². The summed E-state index contributed by atoms with van der Waals surface area (Å²) >= 11 is 0. The average Bonchev–Trinajstić information content (AvgIpc) is 3.38. The molecule has 2 aliphatic heterocycles. The third-order valence-electron chi connectivity index (χ3n) is 7.19. The molecule has 13 nitrogen and oxygen atoms in total. The van der Waals surface area contributed by atoms with Crippen LogP contribution in [-0.4, -0.2) is 98.1 Å². The molecule has 222 valence electrons. The minimum Gasteiger partial charge on any atom is -0.493 e. The van der Waals surface area contributed by atoms with Gasteiger partial charge in [0.15, 0.2) is 23.0 Å². The van der Waals surface area contributed by atoms with Crippen LogP contribution in [0.5, 0.6) is 28.7 Å². The smallest absolute Gasteiger partial charge is 0.245 e. The molecule has 0 radical (unpaired) electrons. The van der Waals surface area contributed by atoms with Crippen molar-refractivity contribution >= 4 is 20.0 Å². The van der Waals surface area contributed by atoms with Gasteiger partial charge in [-0.1, -0.05) is 0 Å². The lowest BCUT2D eigenvalue weighted by molar-refractivity contribution is -0.0806. The molecule has 1 N–H and O–H groups in total. The Balaban J connectivity index is 1.62. The number of piperidine rings is 1. The Hall–Kier alpha value is -2.82. The van der Waals surface area contributed by atoms with Crippen LogP contribution < -0.4 is 23.7 Å². The highest BCUT2D eigenvalue weighted by molar-refractivity contribution is 7.89. The second kappa shape index (κ2) is 11.6. The molecule has 0 amide bonds. The van der Waals surface area contributed by atoms with Gasteiger partial charge in [0.2, 0.25) is 25.8 Å². The number of rotatable bonds is 10. The summed E-state index contributed by atoms with van der Waals surface area (Å²) in [7, 11) is -1.13. The average molecular weight is 603 g/mol. The van der Waals surface area contributed by atoms with Gasteiger partial charge in [0.25, 0.3) is 0 Å². The first-order chi connectivity index (χ1) is 19.0. The Bertz CT molecular complexity index is 1400. The summed E-state index contributed by atoms with van der Waals surface area (Å²) in [6.45, 7) is -0.195. The molecule has 2 aliphatic rings. The van der Waals surface area contributed by atoms with E-state index in [-0.39, 0.29) is 83.2 Å². The van der Waals surface area contributed by atoms with Gasteiger partial charge in [-0.25, -0.2) is 16.8 Å². The molecule has 40 heavy (non-hydrogen) atoms. The highest BCUT2D eigenvalue weighted by atomic mass is 32.2. The second-order valence-electron chi connectivity index (χ2n) is 9.11. The zero-order chi connectivity index (χ0) is 29.3. The van der Waals surface area contributed by atoms with Crippen LogP contribution in [0.4, 0.5) is 0 Å². The van der Waals surface area contributed by atoms with Gasteiger partial charge in [-0.05, 0) is 6.07 Å². The zero-order valence-corrected chi connectivity index (χ0v) is 24.6. The topological polar surface area (TPSA) is 150 Å². The summed E-state index contributed by atoms with van der Waals surface area (Å²) in [6, 6.07) is 5.40. The maximum Gasteiger partial charge on any atom is 0.245 e. The predicted molar refractivity (Wildman–Crippen MR) is 142 cm³/mol. The highest BCUT2D eigenvalue weighted by Gasteiger charge is 2.52. The van der Waals surface area contributed by atoms with Crippen molar-refractivity contribution in [3.05, 3.63) is 29.8 Å². The van der Waals surface area contributed by atoms with Gasteiger partial charge in [-0.3, -0.25) is 0 Å². The summed E-state index contributed by atoms with van der Waals surface area (Å²) < 4.78 is 89.9. The van der Waals surface area contributed by atoms with E-state index >= 15 is 0 Å². The van der Waals surface area contributed by atoms with E-state index in [0.717, 1.165) is 0 Å². The number of aliphatic hydroxyl groups is 1. The van der Waals surface area contributed by atoms with Gasteiger partial charge in [0.05, 0.1) is 58.6 Å². The molecule has 0 bridgehead atoms. The van der Waals surface area contributed by atoms with E-state index in [1.807, 2.05) is 0 Å². The largest absolute Gasteiger partial charge is 0.493 e. The lowest BCUT2D eigenvalue weighted by atomic mass is 10.0. The number of hydrogen-bond donors (Lipinski definition) is 1. The van der Waals surface area contributed by atoms with E-state index in [1.54, 1.807) is 0 Å². The first-order valence-corrected chi connectivity index (χ1v) is 15.2. The molecular weight excluding hydrogens is 568 g/mol. The molecule has 4 rings (SSSR count). The van der Waals surface area contributed by atoms with E-state index in [0.29, 0.717) is 0 Å². The monoisotopic (exact) mass is 602 g/mol. The fourth-order valence-electron chi connectivity index (χ4n) is 5.17. The number of sulfonamides is 2. The van der Waals surface area contributed by atoms with Crippen molar-refractivity contribution in [2.24, 2.45) is 0 Å². The molecule has 15 heteroatoms. The molecule has 2 aromatic rings. The van der Waals surface area contributed by atoms with Gasteiger partial charge >= 0.3 is 0 Å². The SMILES string of the molecule is COc1cc(S(=O)(=O)N2CCOC23CCN(S(=O)(=O)c2cc(OC)c(OC)c(OC)c2)CC3)cc(CO)c1OC. The maximum absolute atomic E-state index is 13.8. The molecule has 0 aliphatic carbocycles. The van der Waals surface area contributed by atoms with Crippen LogP contribution in [0, 0.1) is 0 Å². The molecule has 2 fully saturated rings. The van der Waals surface area contributed by atoms with E-state index in [1.165, 1.54) is 68.4 Å². The Morgan fingerprint density at radius 2 is 1.25 bits per heavy atom. The van der Waals surface area contributed by atoms with Crippen LogP contribution in [0.2, 0.25) is 0 Å². The zero-order valence-electron chi connectivity index (χ0n) is 23.0. The van der Waals surface area contributed by atoms with Crippen LogP contribution in [0.3, 0.4) is 0 Å². The minimum absolute atomic E-state index is 0.0127. The van der Waals surface area contributed by atoms with Crippen molar-refractivity contribution < 1.29 is 50.4 Å². The molecule has 2 saturated heterocycles. The van der Waals surface area contributed by atoms with Crippen molar-refractivity contribution in [2.45, 2.75) is 35.0 Å². The minimum atomic E-state index is -4.12. The van der Waals surface area contributed by atoms with Gasteiger partial charge in [-0.2, -0.15) is 8.61 Å². The number of methoxy groups -OCH3 is 5. The van der Waals surface area contributed by atoms with Gasteiger partial charge in [-0.15, -0.1) is 0 Å². The molecule has 0 unspecified atom stereocenters. The molecule has 1 spiro atoms. The number of hydrogen-bond acceptors (Lipinski definition) is 11. The van der Waals surface area contributed by atoms with Crippen molar-refractivity contribution in [2.75, 3.05) is 61.8 Å². The van der Waals surface area contributed by atoms with Crippen molar-refractivity contribution in [3.63, 3.8) is 0 Å². The summed E-state index contributed by atoms with van der Waals surface area (Å²) in [5.74, 6) is 1.06. The van der Waals surface area contributed by atoms with E-state index in [2.05, 4.69) is 0 Å². The molecule has 0 aromatic heterocycles. The summed E-state index contributed by atoms with van der Waals surface area (Å²) in [6.07, 6.45) is 0.214. The Labute approximate surface area is 234 Å². The molecular formula is C25H34N2O11S2. The van der Waals surface area contributed by atoms with Crippen LogP contribution >= 0.6 is 0 Å².